The molecule has 0 aliphatic carbocycles. The molecule has 1 N–H and O–H groups in total. The second-order valence-electron chi connectivity index (χ2n) is 8.54. The first-order valence-corrected chi connectivity index (χ1v) is 10.8. The van der Waals surface area contributed by atoms with Gasteiger partial charge in [-0.15, -0.1) is 0 Å². The molecular formula is C22H35N3O2. The van der Waals surface area contributed by atoms with Gasteiger partial charge >= 0.3 is 0 Å². The summed E-state index contributed by atoms with van der Waals surface area (Å²) in [6.45, 7) is 11.7. The maximum atomic E-state index is 5.94. The van der Waals surface area contributed by atoms with Gasteiger partial charge in [-0.05, 0) is 61.9 Å². The highest BCUT2D eigenvalue weighted by atomic mass is 16.5. The van der Waals surface area contributed by atoms with Gasteiger partial charge in [-0.25, -0.2) is 0 Å². The molecule has 27 heavy (non-hydrogen) atoms. The third kappa shape index (κ3) is 5.44. The van der Waals surface area contributed by atoms with Crippen molar-refractivity contribution in [3.63, 3.8) is 0 Å². The fraction of sp³-hybridized carbons (Fsp3) is 0.727. The Hall–Kier alpha value is -1.14. The van der Waals surface area contributed by atoms with Crippen LogP contribution in [0.3, 0.4) is 0 Å². The largest absolute Gasteiger partial charge is 0.494 e. The van der Waals surface area contributed by atoms with Crippen LogP contribution in [0.25, 0.3) is 0 Å². The highest BCUT2D eigenvalue weighted by Crippen LogP contribution is 2.36. The van der Waals surface area contributed by atoms with Crippen LogP contribution in [0.5, 0.6) is 5.75 Å². The predicted octanol–water partition coefficient (Wildman–Crippen LogP) is 2.36. The molecule has 4 rings (SSSR count). The van der Waals surface area contributed by atoms with Crippen molar-refractivity contribution in [3.8, 4) is 5.75 Å². The average molecular weight is 374 g/mol. The summed E-state index contributed by atoms with van der Waals surface area (Å²) in [6.07, 6.45) is 5.16. The lowest BCUT2D eigenvalue weighted by Gasteiger charge is -2.40. The Morgan fingerprint density at radius 2 is 1.89 bits per heavy atom. The van der Waals surface area contributed by atoms with Crippen LogP contribution >= 0.6 is 0 Å². The van der Waals surface area contributed by atoms with E-state index in [-0.39, 0.29) is 0 Å². The maximum Gasteiger partial charge on any atom is 0.119 e. The summed E-state index contributed by atoms with van der Waals surface area (Å²) >= 11 is 0. The number of nitrogens with zero attached hydrogens (tertiary/aromatic N) is 2. The van der Waals surface area contributed by atoms with Gasteiger partial charge in [0.05, 0.1) is 19.8 Å². The Kier molecular flexibility index (Phi) is 6.66. The van der Waals surface area contributed by atoms with Crippen LogP contribution < -0.4 is 10.1 Å². The summed E-state index contributed by atoms with van der Waals surface area (Å²) in [6, 6.07) is 8.76. The predicted molar refractivity (Wildman–Crippen MR) is 108 cm³/mol. The number of morpholine rings is 1. The zero-order valence-electron chi connectivity index (χ0n) is 16.6. The zero-order chi connectivity index (χ0) is 18.4. The summed E-state index contributed by atoms with van der Waals surface area (Å²) in [7, 11) is 0. The molecule has 3 saturated heterocycles. The fourth-order valence-corrected chi connectivity index (χ4v) is 4.84. The first kappa shape index (κ1) is 19.2. The molecule has 1 atom stereocenters. The van der Waals surface area contributed by atoms with Gasteiger partial charge in [0.2, 0.25) is 0 Å². The minimum atomic E-state index is 0.543. The van der Waals surface area contributed by atoms with E-state index < -0.39 is 0 Å². The Balaban J connectivity index is 1.18. The first-order chi connectivity index (χ1) is 13.3. The number of piperidine rings is 1. The molecule has 150 valence electrons. The van der Waals surface area contributed by atoms with Crippen LogP contribution in [0.2, 0.25) is 0 Å². The van der Waals surface area contributed by atoms with E-state index in [0.717, 1.165) is 58.2 Å². The zero-order valence-corrected chi connectivity index (χ0v) is 16.6. The van der Waals surface area contributed by atoms with Crippen LogP contribution in [0, 0.1) is 5.41 Å². The molecule has 1 aromatic carbocycles. The number of likely N-dealkylation sites (tertiary alicyclic amines) is 1. The van der Waals surface area contributed by atoms with Crippen LogP contribution in [0.1, 0.15) is 31.2 Å². The minimum Gasteiger partial charge on any atom is -0.494 e. The molecule has 3 fully saturated rings. The molecule has 3 aliphatic rings. The smallest absolute Gasteiger partial charge is 0.119 e. The van der Waals surface area contributed by atoms with Crippen LogP contribution in [-0.4, -0.2) is 75.4 Å². The van der Waals surface area contributed by atoms with E-state index in [9.17, 15) is 0 Å². The summed E-state index contributed by atoms with van der Waals surface area (Å²) in [5.41, 5.74) is 1.94. The third-order valence-electron chi connectivity index (χ3n) is 6.39. The topological polar surface area (TPSA) is 37.0 Å². The van der Waals surface area contributed by atoms with E-state index in [1.165, 1.54) is 51.0 Å². The van der Waals surface area contributed by atoms with Gasteiger partial charge in [0.1, 0.15) is 5.75 Å². The second-order valence-corrected chi connectivity index (χ2v) is 8.54. The maximum absolute atomic E-state index is 5.94. The fourth-order valence-electron chi connectivity index (χ4n) is 4.84. The number of rotatable bonds is 7. The van der Waals surface area contributed by atoms with Gasteiger partial charge in [0.15, 0.2) is 0 Å². The van der Waals surface area contributed by atoms with E-state index in [1.807, 2.05) is 0 Å². The quantitative estimate of drug-likeness (QED) is 0.743. The average Bonchev–Trinajstić information content (AvgIpc) is 3.15. The van der Waals surface area contributed by atoms with Crippen LogP contribution in [-0.2, 0) is 11.3 Å². The molecule has 1 spiro atoms. The molecule has 1 aromatic rings. The Bertz CT molecular complexity index is 565. The Morgan fingerprint density at radius 1 is 1.04 bits per heavy atom. The standard InChI is InChI=1S/C22H35N3O2/c1-7-22(8-9-23-18-22)19-25(10-1)17-20-3-5-21(6-4-20)27-14-2-11-24-12-15-26-16-13-24/h3-6,23H,1-2,7-19H2/t22-/m1/s1. The lowest BCUT2D eigenvalue weighted by Crippen LogP contribution is -2.43. The minimum absolute atomic E-state index is 0.543. The molecule has 0 unspecified atom stereocenters. The van der Waals surface area contributed by atoms with Crippen molar-refractivity contribution in [2.45, 2.75) is 32.2 Å². The molecule has 0 radical (unpaired) electrons. The molecular weight excluding hydrogens is 338 g/mol. The van der Waals surface area contributed by atoms with Crippen molar-refractivity contribution >= 4 is 0 Å². The molecule has 0 amide bonds. The lowest BCUT2D eigenvalue weighted by molar-refractivity contribution is 0.0358. The Morgan fingerprint density at radius 3 is 2.67 bits per heavy atom. The van der Waals surface area contributed by atoms with Crippen molar-refractivity contribution in [2.75, 3.05) is 65.6 Å². The number of ether oxygens (including phenoxy) is 2. The van der Waals surface area contributed by atoms with Gasteiger partial charge in [-0.1, -0.05) is 12.1 Å². The highest BCUT2D eigenvalue weighted by Gasteiger charge is 2.37. The van der Waals surface area contributed by atoms with E-state index in [4.69, 9.17) is 9.47 Å². The lowest BCUT2D eigenvalue weighted by atomic mass is 9.79. The number of hydrogen-bond donors (Lipinski definition) is 1. The molecule has 0 saturated carbocycles. The van der Waals surface area contributed by atoms with Crippen molar-refractivity contribution < 1.29 is 9.47 Å². The molecule has 0 bridgehead atoms. The number of benzene rings is 1. The van der Waals surface area contributed by atoms with Crippen molar-refractivity contribution in [3.05, 3.63) is 29.8 Å². The van der Waals surface area contributed by atoms with Crippen molar-refractivity contribution in [1.29, 1.82) is 0 Å². The van der Waals surface area contributed by atoms with Gasteiger partial charge in [-0.2, -0.15) is 0 Å². The van der Waals surface area contributed by atoms with Crippen LogP contribution in [0.4, 0.5) is 0 Å². The van der Waals surface area contributed by atoms with E-state index in [1.54, 1.807) is 0 Å². The molecule has 3 heterocycles. The monoisotopic (exact) mass is 373 g/mol. The van der Waals surface area contributed by atoms with Crippen molar-refractivity contribution in [2.24, 2.45) is 5.41 Å². The third-order valence-corrected chi connectivity index (χ3v) is 6.39. The first-order valence-electron chi connectivity index (χ1n) is 10.8. The summed E-state index contributed by atoms with van der Waals surface area (Å²) in [4.78, 5) is 5.11. The number of hydrogen-bond acceptors (Lipinski definition) is 5. The summed E-state index contributed by atoms with van der Waals surface area (Å²) < 4.78 is 11.3. The van der Waals surface area contributed by atoms with Crippen molar-refractivity contribution in [1.82, 2.24) is 15.1 Å². The van der Waals surface area contributed by atoms with E-state index >= 15 is 0 Å². The summed E-state index contributed by atoms with van der Waals surface area (Å²) in [5.74, 6) is 0.996. The highest BCUT2D eigenvalue weighted by molar-refractivity contribution is 5.27. The second kappa shape index (κ2) is 9.37. The molecule has 0 aromatic heterocycles. The molecule has 5 heteroatoms. The van der Waals surface area contributed by atoms with Gasteiger partial charge in [0.25, 0.3) is 0 Å². The SMILES string of the molecule is c1cc(OCCCN2CCOCC2)ccc1CN1CCC[C@]2(CCNC2)C1. The Labute approximate surface area is 164 Å². The van der Waals surface area contributed by atoms with E-state index in [0.29, 0.717) is 5.41 Å². The van der Waals surface area contributed by atoms with E-state index in [2.05, 4.69) is 39.4 Å². The van der Waals surface area contributed by atoms with Crippen LogP contribution in [0.15, 0.2) is 24.3 Å². The molecule has 3 aliphatic heterocycles. The normalized spacial score (nSPS) is 27.3. The van der Waals surface area contributed by atoms with Gasteiger partial charge in [-0.3, -0.25) is 9.80 Å². The van der Waals surface area contributed by atoms with Gasteiger partial charge in [0, 0.05) is 39.3 Å². The summed E-state index contributed by atoms with van der Waals surface area (Å²) in [5, 5.41) is 3.57. The van der Waals surface area contributed by atoms with Gasteiger partial charge < -0.3 is 14.8 Å². The number of nitrogens with one attached hydrogen (secondary N) is 1. The molecule has 5 nitrogen and oxygen atoms in total.